The van der Waals surface area contributed by atoms with E-state index in [2.05, 4.69) is 0 Å². The number of ketones is 1. The molecule has 0 aliphatic rings. The minimum absolute atomic E-state index is 0.291. The lowest BCUT2D eigenvalue weighted by atomic mass is 10.3. The smallest absolute Gasteiger partial charge is 0.198 e. The number of hydrogen-bond acceptors (Lipinski definition) is 3. The lowest BCUT2D eigenvalue weighted by Crippen LogP contribution is -2.01. The average molecular weight is 115 g/mol. The predicted octanol–water partition coefficient (Wildman–Crippen LogP) is 0.324. The third-order valence-corrected chi connectivity index (χ3v) is 0.765. The molecule has 0 bridgehead atoms. The Balaban J connectivity index is 3.83. The summed E-state index contributed by atoms with van der Waals surface area (Å²) in [4.78, 5) is 10.3. The second-order valence-corrected chi connectivity index (χ2v) is 1.33. The lowest BCUT2D eigenvalue weighted by Gasteiger charge is -1.89. The fourth-order valence-electron chi connectivity index (χ4n) is 0.274. The van der Waals surface area contributed by atoms with E-state index in [4.69, 9.17) is 10.8 Å². The SMILES string of the molecule is CCC(=O)/C(O)=C/N. The zero-order valence-electron chi connectivity index (χ0n) is 4.72. The van der Waals surface area contributed by atoms with Gasteiger partial charge in [-0.25, -0.2) is 0 Å². The molecule has 0 heterocycles. The summed E-state index contributed by atoms with van der Waals surface area (Å²) in [5.74, 6) is -0.681. The van der Waals surface area contributed by atoms with Gasteiger partial charge < -0.3 is 10.8 Å². The van der Waals surface area contributed by atoms with Crippen molar-refractivity contribution in [2.45, 2.75) is 13.3 Å². The Morgan fingerprint density at radius 1 is 1.88 bits per heavy atom. The average Bonchev–Trinajstić information content (AvgIpc) is 1.84. The van der Waals surface area contributed by atoms with E-state index in [1.165, 1.54) is 0 Å². The molecule has 0 aromatic heterocycles. The molecule has 0 rings (SSSR count). The van der Waals surface area contributed by atoms with Crippen LogP contribution in [0.15, 0.2) is 12.0 Å². The van der Waals surface area contributed by atoms with E-state index < -0.39 is 0 Å². The van der Waals surface area contributed by atoms with Crippen LogP contribution >= 0.6 is 0 Å². The molecular weight excluding hydrogens is 106 g/mol. The zero-order valence-corrected chi connectivity index (χ0v) is 4.72. The summed E-state index contributed by atoms with van der Waals surface area (Å²) < 4.78 is 0. The highest BCUT2D eigenvalue weighted by molar-refractivity contribution is 5.92. The maximum absolute atomic E-state index is 10.3. The Kier molecular flexibility index (Phi) is 2.69. The molecule has 0 radical (unpaired) electrons. The Labute approximate surface area is 47.8 Å². The van der Waals surface area contributed by atoms with E-state index >= 15 is 0 Å². The van der Waals surface area contributed by atoms with Gasteiger partial charge >= 0.3 is 0 Å². The highest BCUT2D eigenvalue weighted by Crippen LogP contribution is 1.90. The van der Waals surface area contributed by atoms with Gasteiger partial charge in [0.25, 0.3) is 0 Å². The maximum atomic E-state index is 10.3. The molecule has 0 fully saturated rings. The predicted molar refractivity (Wildman–Crippen MR) is 30.2 cm³/mol. The first-order valence-corrected chi connectivity index (χ1v) is 2.36. The van der Waals surface area contributed by atoms with Crippen molar-refractivity contribution in [3.63, 3.8) is 0 Å². The molecule has 0 unspecified atom stereocenters. The molecule has 8 heavy (non-hydrogen) atoms. The van der Waals surface area contributed by atoms with Crippen LogP contribution in [-0.4, -0.2) is 10.9 Å². The van der Waals surface area contributed by atoms with Gasteiger partial charge in [-0.3, -0.25) is 4.79 Å². The molecule has 3 N–H and O–H groups in total. The molecule has 3 heteroatoms. The molecule has 0 spiro atoms. The number of aliphatic hydroxyl groups excluding tert-OH is 1. The number of nitrogens with two attached hydrogens (primary N) is 1. The minimum Gasteiger partial charge on any atom is -0.503 e. The van der Waals surface area contributed by atoms with Crippen molar-refractivity contribution in [1.82, 2.24) is 0 Å². The molecule has 0 atom stereocenters. The summed E-state index contributed by atoms with van der Waals surface area (Å²) in [5.41, 5.74) is 4.82. The third kappa shape index (κ3) is 1.64. The summed E-state index contributed by atoms with van der Waals surface area (Å²) in [6.07, 6.45) is 1.19. The van der Waals surface area contributed by atoms with Crippen molar-refractivity contribution >= 4 is 5.78 Å². The van der Waals surface area contributed by atoms with E-state index in [1.807, 2.05) is 0 Å². The first kappa shape index (κ1) is 7.01. The number of Topliss-reactive ketones (excluding diaryl/α,β-unsaturated/α-hetero) is 1. The highest BCUT2D eigenvalue weighted by Gasteiger charge is 2.00. The van der Waals surface area contributed by atoms with E-state index in [-0.39, 0.29) is 11.5 Å². The third-order valence-electron chi connectivity index (χ3n) is 0.765. The van der Waals surface area contributed by atoms with Gasteiger partial charge in [-0.1, -0.05) is 6.92 Å². The van der Waals surface area contributed by atoms with Crippen molar-refractivity contribution < 1.29 is 9.90 Å². The van der Waals surface area contributed by atoms with Crippen LogP contribution in [0.5, 0.6) is 0 Å². The normalized spacial score (nSPS) is 11.4. The van der Waals surface area contributed by atoms with Crippen LogP contribution in [0, 0.1) is 0 Å². The molecule has 0 aliphatic heterocycles. The second kappa shape index (κ2) is 3.07. The first-order valence-electron chi connectivity index (χ1n) is 2.36. The van der Waals surface area contributed by atoms with Gasteiger partial charge in [-0.2, -0.15) is 0 Å². The molecule has 0 aromatic carbocycles. The van der Waals surface area contributed by atoms with Gasteiger partial charge in [0.1, 0.15) is 0 Å². The van der Waals surface area contributed by atoms with Crippen molar-refractivity contribution in [3.05, 3.63) is 12.0 Å². The van der Waals surface area contributed by atoms with Gasteiger partial charge in [0.2, 0.25) is 0 Å². The van der Waals surface area contributed by atoms with Crippen LogP contribution < -0.4 is 5.73 Å². The summed E-state index contributed by atoms with van der Waals surface area (Å²) in [7, 11) is 0. The van der Waals surface area contributed by atoms with Crippen molar-refractivity contribution in [1.29, 1.82) is 0 Å². The van der Waals surface area contributed by atoms with Crippen LogP contribution in [-0.2, 0) is 4.79 Å². The molecule has 0 aromatic rings. The fraction of sp³-hybridized carbons (Fsp3) is 0.400. The van der Waals surface area contributed by atoms with Crippen LogP contribution in [0.3, 0.4) is 0 Å². The van der Waals surface area contributed by atoms with Crippen molar-refractivity contribution in [2.24, 2.45) is 5.73 Å². The van der Waals surface area contributed by atoms with E-state index in [9.17, 15) is 4.79 Å². The topological polar surface area (TPSA) is 63.3 Å². The molecule has 0 aliphatic carbocycles. The summed E-state index contributed by atoms with van der Waals surface area (Å²) in [5, 5.41) is 8.51. The number of hydrogen-bond donors (Lipinski definition) is 2. The summed E-state index contributed by atoms with van der Waals surface area (Å²) in [6, 6.07) is 0. The largest absolute Gasteiger partial charge is 0.503 e. The molecule has 0 amide bonds. The van der Waals surface area contributed by atoms with Crippen LogP contribution in [0.4, 0.5) is 0 Å². The summed E-state index contributed by atoms with van der Waals surface area (Å²) >= 11 is 0. The monoisotopic (exact) mass is 115 g/mol. The van der Waals surface area contributed by atoms with Crippen LogP contribution in [0.1, 0.15) is 13.3 Å². The van der Waals surface area contributed by atoms with Gasteiger partial charge in [0.05, 0.1) is 0 Å². The zero-order chi connectivity index (χ0) is 6.57. The van der Waals surface area contributed by atoms with Gasteiger partial charge in [0.15, 0.2) is 11.5 Å². The minimum atomic E-state index is -0.354. The first-order chi connectivity index (χ1) is 3.72. The molecule has 0 saturated heterocycles. The molecule has 46 valence electrons. The number of carbonyl (C=O) groups excluding carboxylic acids is 1. The molecule has 0 saturated carbocycles. The fourth-order valence-corrected chi connectivity index (χ4v) is 0.274. The Bertz CT molecular complexity index is 118. The van der Waals surface area contributed by atoms with E-state index in [0.29, 0.717) is 6.42 Å². The Morgan fingerprint density at radius 3 is 2.50 bits per heavy atom. The Hall–Kier alpha value is -0.990. The molecule has 3 nitrogen and oxygen atoms in total. The Morgan fingerprint density at radius 2 is 2.38 bits per heavy atom. The summed E-state index contributed by atoms with van der Waals surface area (Å²) in [6.45, 7) is 1.65. The van der Waals surface area contributed by atoms with E-state index in [0.717, 1.165) is 6.20 Å². The van der Waals surface area contributed by atoms with Crippen molar-refractivity contribution in [3.8, 4) is 0 Å². The van der Waals surface area contributed by atoms with Crippen LogP contribution in [0.2, 0.25) is 0 Å². The lowest BCUT2D eigenvalue weighted by molar-refractivity contribution is -0.117. The van der Waals surface area contributed by atoms with Gasteiger partial charge in [0, 0.05) is 12.6 Å². The standard InChI is InChI=1S/C5H9NO2/c1-2-4(7)5(8)3-6/h3,8H,2,6H2,1H3/b5-3-. The van der Waals surface area contributed by atoms with Gasteiger partial charge in [-0.15, -0.1) is 0 Å². The van der Waals surface area contributed by atoms with Gasteiger partial charge in [-0.05, 0) is 0 Å². The van der Waals surface area contributed by atoms with Crippen molar-refractivity contribution in [2.75, 3.05) is 0 Å². The maximum Gasteiger partial charge on any atom is 0.198 e. The second-order valence-electron chi connectivity index (χ2n) is 1.33. The molecular formula is C5H9NO2. The van der Waals surface area contributed by atoms with Crippen LogP contribution in [0.25, 0.3) is 0 Å². The highest BCUT2D eigenvalue weighted by atomic mass is 16.3. The van der Waals surface area contributed by atoms with E-state index in [1.54, 1.807) is 6.92 Å². The number of aliphatic hydroxyl groups is 1. The quantitative estimate of drug-likeness (QED) is 0.402. The number of carbonyl (C=O) groups is 1. The number of rotatable bonds is 2. The number of allylic oxidation sites excluding steroid dienone is 1.